The Kier molecular flexibility index (Phi) is 7.19. The van der Waals surface area contributed by atoms with Gasteiger partial charge >= 0.3 is 0 Å². The van der Waals surface area contributed by atoms with Gasteiger partial charge in [0.25, 0.3) is 5.89 Å². The standard InChI is InChI=1S/C32H33FN6O4S/c1-18-12-26(40)38(15-18)16-21-5-4-20(29-34-28(37-43-29)22-14-27(41)39(17-22)23-8-9-23)13-25(21)42-24-10-6-19(7-11-24)30-35-36-31(44-30)32(2,3)33/h4-7,10-11,13,18,22-23H,8-9,12,14-17H2,1-3H3/t18-,22-/m0/s1. The second-order valence-electron chi connectivity index (χ2n) is 12.6. The highest BCUT2D eigenvalue weighted by Crippen LogP contribution is 2.38. The number of hydrogen-bond acceptors (Lipinski definition) is 9. The Morgan fingerprint density at radius 3 is 2.48 bits per heavy atom. The fraction of sp³-hybridized carbons (Fsp3) is 0.438. The molecule has 0 bridgehead atoms. The molecule has 1 saturated carbocycles. The fourth-order valence-electron chi connectivity index (χ4n) is 5.78. The van der Waals surface area contributed by atoms with Crippen LogP contribution in [0.1, 0.15) is 68.8 Å². The van der Waals surface area contributed by atoms with Gasteiger partial charge in [-0.2, -0.15) is 4.98 Å². The van der Waals surface area contributed by atoms with Crippen molar-refractivity contribution in [1.29, 1.82) is 0 Å². The number of aromatic nitrogens is 4. The fourth-order valence-corrected chi connectivity index (χ4v) is 6.62. The number of amides is 2. The molecule has 3 fully saturated rings. The number of carbonyl (C=O) groups is 2. The van der Waals surface area contributed by atoms with Gasteiger partial charge in [-0.15, -0.1) is 10.2 Å². The molecule has 10 nitrogen and oxygen atoms in total. The van der Waals surface area contributed by atoms with Gasteiger partial charge in [0, 0.05) is 61.1 Å². The summed E-state index contributed by atoms with van der Waals surface area (Å²) in [6.45, 7) is 6.73. The van der Waals surface area contributed by atoms with Crippen molar-refractivity contribution in [2.45, 2.75) is 70.6 Å². The molecule has 0 unspecified atom stereocenters. The van der Waals surface area contributed by atoms with Crippen LogP contribution in [0.5, 0.6) is 11.5 Å². The topological polar surface area (TPSA) is 115 Å². The molecule has 2 saturated heterocycles. The van der Waals surface area contributed by atoms with E-state index in [1.54, 1.807) is 0 Å². The SMILES string of the molecule is C[C@H]1CC(=O)N(Cc2ccc(-c3nc([C@H]4CC(=O)N(C5CC5)C4)no3)cc2Oc2ccc(-c3nnc(C(C)(C)F)s3)cc2)C1. The summed E-state index contributed by atoms with van der Waals surface area (Å²) in [6.07, 6.45) is 3.06. The molecule has 2 amide bonds. The quantitative estimate of drug-likeness (QED) is 0.222. The van der Waals surface area contributed by atoms with E-state index < -0.39 is 5.67 Å². The van der Waals surface area contributed by atoms with Crippen LogP contribution in [0.25, 0.3) is 22.0 Å². The lowest BCUT2D eigenvalue weighted by atomic mass is 10.1. The van der Waals surface area contributed by atoms with E-state index in [1.165, 1.54) is 25.2 Å². The van der Waals surface area contributed by atoms with Crippen molar-refractivity contribution in [3.63, 3.8) is 0 Å². The maximum Gasteiger partial charge on any atom is 0.258 e. The first-order valence-electron chi connectivity index (χ1n) is 15.0. The lowest BCUT2D eigenvalue weighted by Crippen LogP contribution is -2.27. The predicted octanol–water partition coefficient (Wildman–Crippen LogP) is 6.10. The summed E-state index contributed by atoms with van der Waals surface area (Å²) < 4.78 is 26.4. The van der Waals surface area contributed by atoms with Crippen molar-refractivity contribution in [2.75, 3.05) is 13.1 Å². The lowest BCUT2D eigenvalue weighted by Gasteiger charge is -2.19. The number of rotatable bonds is 9. The summed E-state index contributed by atoms with van der Waals surface area (Å²) in [5.41, 5.74) is 0.777. The van der Waals surface area contributed by atoms with E-state index in [-0.39, 0.29) is 17.7 Å². The van der Waals surface area contributed by atoms with Crippen LogP contribution in [0.2, 0.25) is 0 Å². The molecule has 0 spiro atoms. The van der Waals surface area contributed by atoms with E-state index >= 15 is 0 Å². The molecule has 0 radical (unpaired) electrons. The first-order chi connectivity index (χ1) is 21.1. The molecular weight excluding hydrogens is 583 g/mol. The Balaban J connectivity index is 1.14. The molecule has 0 N–H and O–H groups in total. The zero-order valence-corrected chi connectivity index (χ0v) is 25.6. The van der Waals surface area contributed by atoms with Gasteiger partial charge < -0.3 is 19.1 Å². The van der Waals surface area contributed by atoms with Crippen LogP contribution in [-0.4, -0.2) is 61.1 Å². The van der Waals surface area contributed by atoms with E-state index in [4.69, 9.17) is 9.26 Å². The highest BCUT2D eigenvalue weighted by Gasteiger charge is 2.41. The van der Waals surface area contributed by atoms with Crippen molar-refractivity contribution in [3.8, 4) is 33.5 Å². The number of carbonyl (C=O) groups excluding carboxylic acids is 2. The Bertz CT molecular complexity index is 1710. The van der Waals surface area contributed by atoms with E-state index in [0.717, 1.165) is 24.0 Å². The van der Waals surface area contributed by atoms with Crippen LogP contribution < -0.4 is 4.74 Å². The van der Waals surface area contributed by atoms with Gasteiger partial charge in [0.05, 0.1) is 0 Å². The summed E-state index contributed by atoms with van der Waals surface area (Å²) in [4.78, 5) is 33.5. The molecule has 7 rings (SSSR count). The Hall–Kier alpha value is -4.19. The van der Waals surface area contributed by atoms with Crippen molar-refractivity contribution < 1.29 is 23.2 Å². The molecule has 12 heteroatoms. The van der Waals surface area contributed by atoms with Gasteiger partial charge in [-0.05, 0) is 69.0 Å². The van der Waals surface area contributed by atoms with Crippen LogP contribution in [0.4, 0.5) is 4.39 Å². The highest BCUT2D eigenvalue weighted by molar-refractivity contribution is 7.14. The van der Waals surface area contributed by atoms with Crippen molar-refractivity contribution in [3.05, 3.63) is 58.9 Å². The maximum absolute atomic E-state index is 14.3. The lowest BCUT2D eigenvalue weighted by molar-refractivity contribution is -0.129. The van der Waals surface area contributed by atoms with Gasteiger partial charge in [-0.3, -0.25) is 9.59 Å². The van der Waals surface area contributed by atoms with E-state index in [2.05, 4.69) is 27.3 Å². The van der Waals surface area contributed by atoms with Crippen LogP contribution in [0, 0.1) is 5.92 Å². The van der Waals surface area contributed by atoms with Gasteiger partial charge in [0.15, 0.2) is 16.5 Å². The molecule has 2 aromatic heterocycles. The summed E-state index contributed by atoms with van der Waals surface area (Å²) in [5, 5.41) is 13.3. The van der Waals surface area contributed by atoms with Crippen molar-refractivity contribution >= 4 is 23.2 Å². The molecule has 2 atom stereocenters. The average molecular weight is 617 g/mol. The molecule has 44 heavy (non-hydrogen) atoms. The minimum absolute atomic E-state index is 0.0858. The number of ether oxygens (including phenoxy) is 1. The van der Waals surface area contributed by atoms with Gasteiger partial charge in [-0.25, -0.2) is 4.39 Å². The monoisotopic (exact) mass is 616 g/mol. The first-order valence-corrected chi connectivity index (χ1v) is 15.8. The molecule has 3 aliphatic rings. The van der Waals surface area contributed by atoms with Crippen LogP contribution in [0.3, 0.4) is 0 Å². The predicted molar refractivity (Wildman–Crippen MR) is 161 cm³/mol. The third-order valence-corrected chi connectivity index (χ3v) is 9.57. The van der Waals surface area contributed by atoms with Crippen molar-refractivity contribution in [2.24, 2.45) is 5.92 Å². The average Bonchev–Trinajstić information content (AvgIpc) is 3.34. The third-order valence-electron chi connectivity index (χ3n) is 8.30. The molecule has 2 aliphatic heterocycles. The Morgan fingerprint density at radius 2 is 1.80 bits per heavy atom. The van der Waals surface area contributed by atoms with Gasteiger partial charge in [0.2, 0.25) is 11.8 Å². The summed E-state index contributed by atoms with van der Waals surface area (Å²) in [5.74, 6) is 2.52. The zero-order chi connectivity index (χ0) is 30.6. The van der Waals surface area contributed by atoms with E-state index in [1.807, 2.05) is 52.3 Å². The molecule has 2 aromatic carbocycles. The number of halogens is 1. The summed E-state index contributed by atoms with van der Waals surface area (Å²) in [7, 11) is 0. The number of hydrogen-bond donors (Lipinski definition) is 0. The normalized spacial score (nSPS) is 20.6. The largest absolute Gasteiger partial charge is 0.457 e. The minimum atomic E-state index is -1.56. The van der Waals surface area contributed by atoms with E-state index in [9.17, 15) is 14.0 Å². The molecule has 1 aliphatic carbocycles. The molecule has 4 heterocycles. The highest BCUT2D eigenvalue weighted by atomic mass is 32.1. The number of likely N-dealkylation sites (tertiary alicyclic amines) is 2. The number of alkyl halides is 1. The second kappa shape index (κ2) is 11.1. The van der Waals surface area contributed by atoms with Crippen LogP contribution in [-0.2, 0) is 21.8 Å². The Labute approximate surface area is 258 Å². The third kappa shape index (κ3) is 5.82. The van der Waals surface area contributed by atoms with Gasteiger partial charge in [-0.1, -0.05) is 29.5 Å². The van der Waals surface area contributed by atoms with Gasteiger partial charge in [0.1, 0.15) is 16.5 Å². The van der Waals surface area contributed by atoms with E-state index in [0.29, 0.717) is 83.2 Å². The van der Waals surface area contributed by atoms with Crippen LogP contribution in [0.15, 0.2) is 47.0 Å². The Morgan fingerprint density at radius 1 is 1.02 bits per heavy atom. The maximum atomic E-state index is 14.3. The summed E-state index contributed by atoms with van der Waals surface area (Å²) in [6, 6.07) is 13.4. The second-order valence-corrected chi connectivity index (χ2v) is 13.5. The minimum Gasteiger partial charge on any atom is -0.457 e. The zero-order valence-electron chi connectivity index (χ0n) is 24.8. The van der Waals surface area contributed by atoms with Crippen LogP contribution >= 0.6 is 11.3 Å². The molecule has 4 aromatic rings. The number of nitrogens with zero attached hydrogens (tertiary/aromatic N) is 6. The molecular formula is C32H33FN6O4S. The summed E-state index contributed by atoms with van der Waals surface area (Å²) >= 11 is 1.22. The smallest absolute Gasteiger partial charge is 0.258 e. The molecule has 228 valence electrons. The van der Waals surface area contributed by atoms with Crippen molar-refractivity contribution in [1.82, 2.24) is 30.1 Å². The number of benzene rings is 2. The first kappa shape index (κ1) is 28.6.